The Morgan fingerprint density at radius 1 is 1.20 bits per heavy atom. The number of nitrogens with one attached hydrogen (secondary N) is 4. The number of benzene rings is 2. The van der Waals surface area contributed by atoms with Gasteiger partial charge in [0.2, 0.25) is 0 Å². The summed E-state index contributed by atoms with van der Waals surface area (Å²) in [7, 11) is 2.03. The van der Waals surface area contributed by atoms with Crippen molar-refractivity contribution in [3.63, 3.8) is 0 Å². The number of hydrogen-bond donors (Lipinski definition) is 4. The van der Waals surface area contributed by atoms with Crippen LogP contribution in [0.2, 0.25) is 5.02 Å². The largest absolute Gasteiger partial charge is 0.383 e. The zero-order valence-corrected chi connectivity index (χ0v) is 22.6. The third-order valence-corrected chi connectivity index (χ3v) is 7.65. The van der Waals surface area contributed by atoms with Crippen molar-refractivity contribution in [2.24, 2.45) is 0 Å². The van der Waals surface area contributed by atoms with Gasteiger partial charge in [-0.15, -0.1) is 5.53 Å². The second-order valence-electron chi connectivity index (χ2n) is 10.2. The molecule has 0 saturated heterocycles. The number of fused-ring (bicyclic) bond motifs is 1. The summed E-state index contributed by atoms with van der Waals surface area (Å²) in [4.78, 5) is 8.66. The van der Waals surface area contributed by atoms with Gasteiger partial charge in [0.15, 0.2) is 0 Å². The molecule has 0 bridgehead atoms. The van der Waals surface area contributed by atoms with Gasteiger partial charge >= 0.3 is 0 Å². The molecule has 11 heteroatoms. The van der Waals surface area contributed by atoms with Gasteiger partial charge in [-0.25, -0.2) is 4.39 Å². The maximum absolute atomic E-state index is 13.9. The molecule has 1 fully saturated rings. The smallest absolute Gasteiger partial charge is 0.148 e. The minimum absolute atomic E-state index is 0.303. The van der Waals surface area contributed by atoms with Crippen molar-refractivity contribution >= 4 is 41.7 Å². The van der Waals surface area contributed by atoms with E-state index < -0.39 is 5.44 Å². The van der Waals surface area contributed by atoms with Crippen molar-refractivity contribution in [2.75, 3.05) is 17.2 Å². The summed E-state index contributed by atoms with van der Waals surface area (Å²) in [5, 5.41) is 20.2. The standard InChI is InChI=1S/C29H27BClFN8/c30-29(20-3-5-21(32)6-4-20,26-17-40(39-38-26)23-7-8-23)37-22-12-24-27(35-11-9-18-2-1-10-34-15-18)19(14-33)16-36-28(24)25(31)13-22/h1-6,10,12-13,15-17,23,37-39H,7-9,11,30H2,(H,35,36). The minimum atomic E-state index is -0.768. The SMILES string of the molecule is BC(Nc1cc(Cl)c2ncc(C#N)c(NCCc3cccnc3)c2c1)(C1=CN(C2CC2)NN1)c1ccc(F)cc1. The van der Waals surface area contributed by atoms with Crippen LogP contribution in [0.25, 0.3) is 10.9 Å². The van der Waals surface area contributed by atoms with E-state index in [0.717, 1.165) is 47.2 Å². The molecule has 4 N–H and O–H groups in total. The number of aromatic nitrogens is 2. The maximum atomic E-state index is 13.9. The monoisotopic (exact) mass is 552 g/mol. The van der Waals surface area contributed by atoms with E-state index >= 15 is 0 Å². The molecular formula is C29H27BClFN8. The Morgan fingerprint density at radius 2 is 2.02 bits per heavy atom. The highest BCUT2D eigenvalue weighted by molar-refractivity contribution is 6.36. The Hall–Kier alpha value is -4.33. The van der Waals surface area contributed by atoms with Gasteiger partial charge in [0.25, 0.3) is 0 Å². The van der Waals surface area contributed by atoms with Crippen molar-refractivity contribution in [3.05, 3.63) is 107 Å². The summed E-state index contributed by atoms with van der Waals surface area (Å²) in [6.07, 6.45) is 10.2. The van der Waals surface area contributed by atoms with Crippen molar-refractivity contribution < 1.29 is 4.39 Å². The van der Waals surface area contributed by atoms with Crippen LogP contribution < -0.4 is 21.6 Å². The Labute approximate surface area is 237 Å². The average Bonchev–Trinajstić information content (AvgIpc) is 3.69. The van der Waals surface area contributed by atoms with Crippen LogP contribution in [0, 0.1) is 17.1 Å². The lowest BCUT2D eigenvalue weighted by Crippen LogP contribution is -2.45. The van der Waals surface area contributed by atoms with Crippen molar-refractivity contribution in [3.8, 4) is 6.07 Å². The number of nitriles is 1. The molecule has 1 atom stereocenters. The fourth-order valence-electron chi connectivity index (χ4n) is 4.98. The molecule has 2 aliphatic rings. The highest BCUT2D eigenvalue weighted by atomic mass is 35.5. The molecule has 8 nitrogen and oxygen atoms in total. The Morgan fingerprint density at radius 3 is 2.75 bits per heavy atom. The number of hydrogen-bond acceptors (Lipinski definition) is 8. The predicted octanol–water partition coefficient (Wildman–Crippen LogP) is 4.18. The molecule has 1 aliphatic carbocycles. The Balaban J connectivity index is 1.38. The lowest BCUT2D eigenvalue weighted by Gasteiger charge is -2.34. The first-order valence-corrected chi connectivity index (χ1v) is 13.5. The van der Waals surface area contributed by atoms with Gasteiger partial charge in [-0.2, -0.15) is 5.26 Å². The van der Waals surface area contributed by atoms with Crippen molar-refractivity contribution in [1.29, 1.82) is 5.26 Å². The van der Waals surface area contributed by atoms with Gasteiger partial charge in [0, 0.05) is 48.5 Å². The van der Waals surface area contributed by atoms with Crippen LogP contribution >= 0.6 is 11.6 Å². The predicted molar refractivity (Wildman–Crippen MR) is 157 cm³/mol. The van der Waals surface area contributed by atoms with Gasteiger partial charge < -0.3 is 16.1 Å². The normalized spacial score (nSPS) is 16.1. The molecule has 4 aromatic rings. The van der Waals surface area contributed by atoms with Gasteiger partial charge in [0.05, 0.1) is 32.9 Å². The number of nitrogens with zero attached hydrogens (tertiary/aromatic N) is 4. The molecule has 1 saturated carbocycles. The molecule has 2 aromatic carbocycles. The first-order valence-electron chi connectivity index (χ1n) is 13.2. The lowest BCUT2D eigenvalue weighted by molar-refractivity contribution is 0.260. The van der Waals surface area contributed by atoms with Crippen molar-refractivity contribution in [1.82, 2.24) is 25.9 Å². The topological polar surface area (TPSA) is 101 Å². The number of pyridine rings is 2. The molecule has 40 heavy (non-hydrogen) atoms. The third-order valence-electron chi connectivity index (χ3n) is 7.37. The van der Waals surface area contributed by atoms with E-state index in [1.807, 2.05) is 38.3 Å². The van der Waals surface area contributed by atoms with Gasteiger partial charge in [0.1, 0.15) is 19.7 Å². The molecule has 2 aromatic heterocycles. The van der Waals surface area contributed by atoms with E-state index in [1.165, 1.54) is 12.1 Å². The number of anilines is 2. The number of hydrazine groups is 2. The summed E-state index contributed by atoms with van der Waals surface area (Å²) < 4.78 is 13.9. The Bertz CT molecular complexity index is 1620. The van der Waals surface area contributed by atoms with Gasteiger partial charge in [-0.1, -0.05) is 29.8 Å². The number of rotatable bonds is 9. The first-order chi connectivity index (χ1) is 19.4. The molecule has 0 amide bonds. The van der Waals surface area contributed by atoms with Crippen LogP contribution in [-0.2, 0) is 11.9 Å². The maximum Gasteiger partial charge on any atom is 0.148 e. The van der Waals surface area contributed by atoms with Crippen LogP contribution in [0.4, 0.5) is 15.8 Å². The van der Waals surface area contributed by atoms with E-state index in [2.05, 4.69) is 48.8 Å². The van der Waals surface area contributed by atoms with E-state index in [9.17, 15) is 9.65 Å². The van der Waals surface area contributed by atoms with Crippen LogP contribution in [0.15, 0.2) is 79.0 Å². The zero-order chi connectivity index (χ0) is 27.7. The molecule has 0 spiro atoms. The second kappa shape index (κ2) is 10.7. The van der Waals surface area contributed by atoms with Crippen LogP contribution in [0.3, 0.4) is 0 Å². The molecule has 3 heterocycles. The van der Waals surface area contributed by atoms with E-state index in [4.69, 9.17) is 11.6 Å². The van der Waals surface area contributed by atoms with E-state index in [-0.39, 0.29) is 5.82 Å². The minimum Gasteiger partial charge on any atom is -0.383 e. The second-order valence-corrected chi connectivity index (χ2v) is 10.6. The molecule has 1 aliphatic heterocycles. The Kier molecular flexibility index (Phi) is 6.92. The lowest BCUT2D eigenvalue weighted by atomic mass is 9.69. The molecule has 1 unspecified atom stereocenters. The van der Waals surface area contributed by atoms with Crippen LogP contribution in [0.5, 0.6) is 0 Å². The fraction of sp³-hybridized carbons (Fsp3) is 0.207. The van der Waals surface area contributed by atoms with Gasteiger partial charge in [-0.05, 0) is 60.7 Å². The highest BCUT2D eigenvalue weighted by Crippen LogP contribution is 2.38. The highest BCUT2D eigenvalue weighted by Gasteiger charge is 2.38. The van der Waals surface area contributed by atoms with Crippen LogP contribution in [0.1, 0.15) is 29.5 Å². The molecule has 200 valence electrons. The van der Waals surface area contributed by atoms with Crippen molar-refractivity contribution in [2.45, 2.75) is 30.7 Å². The van der Waals surface area contributed by atoms with Crippen LogP contribution in [-0.4, -0.2) is 35.4 Å². The summed E-state index contributed by atoms with van der Waals surface area (Å²) >= 11 is 6.77. The molecular weight excluding hydrogens is 526 g/mol. The summed E-state index contributed by atoms with van der Waals surface area (Å²) in [6, 6.07) is 16.9. The summed E-state index contributed by atoms with van der Waals surface area (Å²) in [5.41, 5.74) is 11.0. The van der Waals surface area contributed by atoms with E-state index in [1.54, 1.807) is 24.5 Å². The van der Waals surface area contributed by atoms with E-state index in [0.29, 0.717) is 34.4 Å². The molecule has 0 radical (unpaired) electrons. The quantitative estimate of drug-likeness (QED) is 0.230. The third kappa shape index (κ3) is 5.14. The molecule has 6 rings (SSSR count). The summed E-state index contributed by atoms with van der Waals surface area (Å²) in [5.74, 6) is -0.303. The summed E-state index contributed by atoms with van der Waals surface area (Å²) in [6.45, 7) is 0.599. The average molecular weight is 553 g/mol. The first kappa shape index (κ1) is 25.9. The fourth-order valence-corrected chi connectivity index (χ4v) is 5.25. The number of halogens is 2. The zero-order valence-electron chi connectivity index (χ0n) is 21.9. The van der Waals surface area contributed by atoms with Gasteiger partial charge in [-0.3, -0.25) is 15.0 Å².